The summed E-state index contributed by atoms with van der Waals surface area (Å²) in [5, 5.41) is 0. The van der Waals surface area contributed by atoms with E-state index in [2.05, 4.69) is 4.98 Å². The highest BCUT2D eigenvalue weighted by atomic mass is 32.2. The quantitative estimate of drug-likeness (QED) is 0.774. The van der Waals surface area contributed by atoms with Gasteiger partial charge in [-0.15, -0.1) is 0 Å². The van der Waals surface area contributed by atoms with Crippen LogP contribution < -0.4 is 5.73 Å². The van der Waals surface area contributed by atoms with Crippen molar-refractivity contribution in [2.45, 2.75) is 6.92 Å². The molecule has 1 atom stereocenters. The van der Waals surface area contributed by atoms with Gasteiger partial charge in [0.2, 0.25) is 15.9 Å². The number of aromatic nitrogens is 1. The maximum atomic E-state index is 12.6. The predicted octanol–water partition coefficient (Wildman–Crippen LogP) is -0.791. The van der Waals surface area contributed by atoms with Crippen LogP contribution in [-0.2, 0) is 14.8 Å². The van der Waals surface area contributed by atoms with Crippen LogP contribution >= 0.6 is 0 Å². The third kappa shape index (κ3) is 4.05. The second-order valence-electron chi connectivity index (χ2n) is 5.64. The Hall–Kier alpha value is -2.00. The van der Waals surface area contributed by atoms with E-state index >= 15 is 0 Å². The zero-order valence-corrected chi connectivity index (χ0v) is 13.9. The van der Waals surface area contributed by atoms with Gasteiger partial charge in [-0.25, -0.2) is 8.42 Å². The van der Waals surface area contributed by atoms with Gasteiger partial charge in [0.25, 0.3) is 5.91 Å². The van der Waals surface area contributed by atoms with Crippen molar-refractivity contribution in [3.63, 3.8) is 0 Å². The van der Waals surface area contributed by atoms with Gasteiger partial charge in [0.05, 0.1) is 12.2 Å². The fourth-order valence-corrected chi connectivity index (χ4v) is 3.37. The molecule has 1 aromatic rings. The first-order chi connectivity index (χ1) is 10.7. The molecule has 0 bridgehead atoms. The predicted molar refractivity (Wildman–Crippen MR) is 84.0 cm³/mol. The second kappa shape index (κ2) is 6.63. The molecule has 1 aliphatic rings. The number of amides is 2. The number of nitrogens with two attached hydrogens (primary N) is 1. The molecule has 2 amide bonds. The van der Waals surface area contributed by atoms with Crippen molar-refractivity contribution in [3.8, 4) is 0 Å². The molecule has 9 heteroatoms. The molecule has 1 aliphatic heterocycles. The summed E-state index contributed by atoms with van der Waals surface area (Å²) in [6, 6.07) is 3.50. The topological polar surface area (TPSA) is 114 Å². The lowest BCUT2D eigenvalue weighted by molar-refractivity contribution is -0.122. The first-order valence-corrected chi connectivity index (χ1v) is 9.00. The molecule has 1 aromatic heterocycles. The van der Waals surface area contributed by atoms with Crippen LogP contribution in [0.1, 0.15) is 16.1 Å². The van der Waals surface area contributed by atoms with Crippen molar-refractivity contribution in [1.82, 2.24) is 14.2 Å². The van der Waals surface area contributed by atoms with Crippen LogP contribution in [0, 0.1) is 12.8 Å². The fraction of sp³-hybridized carbons (Fsp3) is 0.500. The standard InChI is InChI=1S/C14H20N4O4S/c1-10-4-3-5-16-12(10)14(20)17-6-7-18(23(2,21)22)9-11(8-17)13(15)19/h3-5,11H,6-9H2,1-2H3,(H2,15,19). The Morgan fingerprint density at radius 2 is 2.00 bits per heavy atom. The minimum absolute atomic E-state index is 0.0147. The van der Waals surface area contributed by atoms with E-state index in [9.17, 15) is 18.0 Å². The van der Waals surface area contributed by atoms with Gasteiger partial charge in [-0.3, -0.25) is 14.6 Å². The lowest BCUT2D eigenvalue weighted by Gasteiger charge is -2.22. The van der Waals surface area contributed by atoms with E-state index in [-0.39, 0.29) is 32.1 Å². The molecule has 0 aliphatic carbocycles. The molecule has 1 unspecified atom stereocenters. The molecule has 0 spiro atoms. The molecule has 8 nitrogen and oxygen atoms in total. The van der Waals surface area contributed by atoms with Crippen LogP contribution in [0.5, 0.6) is 0 Å². The molecule has 2 N–H and O–H groups in total. The molecule has 0 aromatic carbocycles. The number of hydrogen-bond donors (Lipinski definition) is 1. The number of sulfonamides is 1. The molecule has 1 saturated heterocycles. The van der Waals surface area contributed by atoms with E-state index in [0.29, 0.717) is 5.69 Å². The Morgan fingerprint density at radius 3 is 2.57 bits per heavy atom. The van der Waals surface area contributed by atoms with Crippen molar-refractivity contribution >= 4 is 21.8 Å². The van der Waals surface area contributed by atoms with Crippen LogP contribution in [0.3, 0.4) is 0 Å². The largest absolute Gasteiger partial charge is 0.369 e. The number of carbonyl (C=O) groups excluding carboxylic acids is 2. The zero-order valence-electron chi connectivity index (χ0n) is 13.1. The number of primary amides is 1. The van der Waals surface area contributed by atoms with Gasteiger partial charge in [-0.1, -0.05) is 6.07 Å². The van der Waals surface area contributed by atoms with E-state index in [1.807, 2.05) is 0 Å². The molecular formula is C14H20N4O4S. The molecule has 0 radical (unpaired) electrons. The summed E-state index contributed by atoms with van der Waals surface area (Å²) < 4.78 is 24.7. The highest BCUT2D eigenvalue weighted by molar-refractivity contribution is 7.88. The minimum atomic E-state index is -3.47. The number of pyridine rings is 1. The summed E-state index contributed by atoms with van der Waals surface area (Å²) in [7, 11) is -3.47. The zero-order chi connectivity index (χ0) is 17.2. The Labute approximate surface area is 135 Å². The molecule has 1 fully saturated rings. The SMILES string of the molecule is Cc1cccnc1C(=O)N1CCN(S(C)(=O)=O)CC(C(N)=O)C1. The van der Waals surface area contributed by atoms with E-state index in [1.165, 1.54) is 15.4 Å². The Kier molecular flexibility index (Phi) is 5.00. The summed E-state index contributed by atoms with van der Waals surface area (Å²) in [5.74, 6) is -1.71. The lowest BCUT2D eigenvalue weighted by Crippen LogP contribution is -2.41. The number of hydrogen-bond acceptors (Lipinski definition) is 5. The normalized spacial score (nSPS) is 20.1. The molecular weight excluding hydrogens is 320 g/mol. The van der Waals surface area contributed by atoms with E-state index < -0.39 is 21.8 Å². The summed E-state index contributed by atoms with van der Waals surface area (Å²) in [4.78, 5) is 29.8. The van der Waals surface area contributed by atoms with Gasteiger partial charge >= 0.3 is 0 Å². The highest BCUT2D eigenvalue weighted by Gasteiger charge is 2.33. The van der Waals surface area contributed by atoms with Crippen LogP contribution in [0.4, 0.5) is 0 Å². The Bertz CT molecular complexity index is 719. The van der Waals surface area contributed by atoms with Gasteiger partial charge in [-0.05, 0) is 18.6 Å². The minimum Gasteiger partial charge on any atom is -0.369 e. The van der Waals surface area contributed by atoms with Gasteiger partial charge < -0.3 is 10.6 Å². The number of rotatable bonds is 3. The van der Waals surface area contributed by atoms with Gasteiger partial charge in [0, 0.05) is 32.4 Å². The number of nitrogens with zero attached hydrogens (tertiary/aromatic N) is 3. The maximum Gasteiger partial charge on any atom is 0.272 e. The molecule has 2 rings (SSSR count). The fourth-order valence-electron chi connectivity index (χ4n) is 2.51. The van der Waals surface area contributed by atoms with Crippen LogP contribution in [-0.4, -0.2) is 66.9 Å². The highest BCUT2D eigenvalue weighted by Crippen LogP contribution is 2.15. The van der Waals surface area contributed by atoms with Crippen molar-refractivity contribution < 1.29 is 18.0 Å². The average molecular weight is 340 g/mol. The van der Waals surface area contributed by atoms with Gasteiger partial charge in [-0.2, -0.15) is 4.31 Å². The summed E-state index contributed by atoms with van der Waals surface area (Å²) in [5.41, 5.74) is 6.37. The van der Waals surface area contributed by atoms with Crippen molar-refractivity contribution in [2.24, 2.45) is 11.7 Å². The van der Waals surface area contributed by atoms with E-state index in [4.69, 9.17) is 5.73 Å². The van der Waals surface area contributed by atoms with Crippen molar-refractivity contribution in [3.05, 3.63) is 29.6 Å². The Balaban J connectivity index is 2.28. The average Bonchev–Trinajstić information content (AvgIpc) is 2.70. The smallest absolute Gasteiger partial charge is 0.272 e. The van der Waals surface area contributed by atoms with Crippen LogP contribution in [0.15, 0.2) is 18.3 Å². The first kappa shape index (κ1) is 17.4. The monoisotopic (exact) mass is 340 g/mol. The molecule has 2 heterocycles. The number of aryl methyl sites for hydroxylation is 1. The first-order valence-electron chi connectivity index (χ1n) is 7.15. The Morgan fingerprint density at radius 1 is 1.30 bits per heavy atom. The van der Waals surface area contributed by atoms with Crippen molar-refractivity contribution in [2.75, 3.05) is 32.4 Å². The summed E-state index contributed by atoms with van der Waals surface area (Å²) in [6.45, 7) is 2.15. The van der Waals surface area contributed by atoms with Crippen molar-refractivity contribution in [1.29, 1.82) is 0 Å². The van der Waals surface area contributed by atoms with Crippen LogP contribution in [0.2, 0.25) is 0 Å². The van der Waals surface area contributed by atoms with E-state index in [0.717, 1.165) is 11.8 Å². The van der Waals surface area contributed by atoms with E-state index in [1.54, 1.807) is 19.1 Å². The third-order valence-corrected chi connectivity index (χ3v) is 5.12. The summed E-state index contributed by atoms with van der Waals surface area (Å²) >= 11 is 0. The summed E-state index contributed by atoms with van der Waals surface area (Å²) in [6.07, 6.45) is 2.60. The van der Waals surface area contributed by atoms with Crippen LogP contribution in [0.25, 0.3) is 0 Å². The molecule has 23 heavy (non-hydrogen) atoms. The van der Waals surface area contributed by atoms with Gasteiger partial charge in [0.15, 0.2) is 0 Å². The third-order valence-electron chi connectivity index (χ3n) is 3.85. The molecule has 0 saturated carbocycles. The maximum absolute atomic E-state index is 12.6. The lowest BCUT2D eigenvalue weighted by atomic mass is 10.1. The van der Waals surface area contributed by atoms with Gasteiger partial charge in [0.1, 0.15) is 5.69 Å². The second-order valence-corrected chi connectivity index (χ2v) is 7.62. The molecule has 126 valence electrons. The number of carbonyl (C=O) groups is 2.